The van der Waals surface area contributed by atoms with Crippen molar-refractivity contribution in [2.75, 3.05) is 0 Å². The van der Waals surface area contributed by atoms with Gasteiger partial charge in [-0.1, -0.05) is 96.8 Å². The largest absolute Gasteiger partial charge is 1.00 e. The molecule has 6 heteroatoms. The first-order valence-corrected chi connectivity index (χ1v) is 10.9. The van der Waals surface area contributed by atoms with Gasteiger partial charge in [0.15, 0.2) is 10.1 Å². The molecule has 0 saturated heterocycles. The van der Waals surface area contributed by atoms with E-state index in [-0.39, 0.29) is 25.3 Å². The molecule has 0 aromatic heterocycles. The van der Waals surface area contributed by atoms with E-state index in [9.17, 15) is 17.8 Å². The average molecular weight is 354 g/mol. The second kappa shape index (κ2) is 18.0. The minimum atomic E-state index is -4.71. The number of rotatable bonds is 16. The third-order valence-corrected chi connectivity index (χ3v) is 5.03. The summed E-state index contributed by atoms with van der Waals surface area (Å²) in [6.07, 6.45) is 18.1. The van der Waals surface area contributed by atoms with Gasteiger partial charge >= 0.3 is 18.9 Å². The maximum Gasteiger partial charge on any atom is 1.00 e. The van der Waals surface area contributed by atoms with Crippen LogP contribution in [0.3, 0.4) is 0 Å². The Hall–Kier alpha value is 0.177. The molecule has 4 nitrogen and oxygen atoms in total. The molecule has 0 aliphatic heterocycles. The molecule has 0 aromatic rings. The summed E-state index contributed by atoms with van der Waals surface area (Å²) >= 11 is 0. The topological polar surface area (TPSA) is 74.3 Å². The summed E-state index contributed by atoms with van der Waals surface area (Å²) < 4.78 is 31.2. The fourth-order valence-electron chi connectivity index (χ4n) is 2.77. The van der Waals surface area contributed by atoms with Crippen LogP contribution in [0.5, 0.6) is 0 Å². The molecule has 0 bridgehead atoms. The number of unbranched alkanes of at least 4 members (excludes halogenated alkanes) is 14. The Labute approximate surface area is 161 Å². The van der Waals surface area contributed by atoms with E-state index in [0.717, 1.165) is 19.3 Å². The zero-order valence-electron chi connectivity index (χ0n) is 15.9. The maximum atomic E-state index is 10.9. The molecule has 0 aliphatic carbocycles. The molecule has 0 fully saturated rings. The van der Waals surface area contributed by atoms with Crippen LogP contribution in [-0.2, 0) is 14.9 Å². The number of carbonyl (C=O) groups excluding carboxylic acids is 1. The van der Waals surface area contributed by atoms with Crippen molar-refractivity contribution in [3.8, 4) is 0 Å². The third kappa shape index (κ3) is 18.5. The minimum absolute atomic E-state index is 0. The van der Waals surface area contributed by atoms with Crippen LogP contribution in [0.25, 0.3) is 0 Å². The van der Waals surface area contributed by atoms with Gasteiger partial charge in [-0.3, -0.25) is 4.79 Å². The Morgan fingerprint density at radius 1 is 0.667 bits per heavy atom. The van der Waals surface area contributed by atoms with E-state index in [1.807, 2.05) is 0 Å². The molecule has 0 radical (unpaired) electrons. The van der Waals surface area contributed by atoms with E-state index < -0.39 is 15.2 Å². The normalized spacial score (nSPS) is 11.2. The number of hydrogen-bond acceptors (Lipinski definition) is 4. The summed E-state index contributed by atoms with van der Waals surface area (Å²) in [5.74, 6) is 0. The van der Waals surface area contributed by atoms with Gasteiger partial charge in [-0.25, -0.2) is 8.42 Å². The molecule has 0 unspecified atom stereocenters. The average Bonchev–Trinajstić information content (AvgIpc) is 2.50. The molecular formula is C18H35LiO4S. The predicted molar refractivity (Wildman–Crippen MR) is 94.3 cm³/mol. The van der Waals surface area contributed by atoms with Gasteiger partial charge in [-0.2, -0.15) is 0 Å². The van der Waals surface area contributed by atoms with Gasteiger partial charge in [-0.15, -0.1) is 0 Å². The Morgan fingerprint density at radius 3 is 1.25 bits per heavy atom. The molecule has 0 atom stereocenters. The van der Waals surface area contributed by atoms with Gasteiger partial charge in [0.1, 0.15) is 0 Å². The quantitative estimate of drug-likeness (QED) is 0.242. The van der Waals surface area contributed by atoms with Crippen molar-refractivity contribution in [3.05, 3.63) is 0 Å². The molecule has 24 heavy (non-hydrogen) atoms. The third-order valence-electron chi connectivity index (χ3n) is 4.26. The van der Waals surface area contributed by atoms with Gasteiger partial charge < -0.3 is 4.55 Å². The predicted octanol–water partition coefficient (Wildman–Crippen LogP) is 2.32. The first-order chi connectivity index (χ1) is 11.0. The van der Waals surface area contributed by atoms with Crippen LogP contribution in [0, 0.1) is 0 Å². The van der Waals surface area contributed by atoms with Crippen molar-refractivity contribution in [2.24, 2.45) is 0 Å². The molecule has 0 aromatic carbocycles. The van der Waals surface area contributed by atoms with E-state index in [1.165, 1.54) is 70.6 Å². The first-order valence-electron chi connectivity index (χ1n) is 9.47. The van der Waals surface area contributed by atoms with Crippen molar-refractivity contribution in [3.63, 3.8) is 0 Å². The molecule has 0 saturated carbocycles. The summed E-state index contributed by atoms with van der Waals surface area (Å²) in [6, 6.07) is 0. The smallest absolute Gasteiger partial charge is 0.742 e. The molecule has 0 heterocycles. The van der Waals surface area contributed by atoms with E-state index >= 15 is 0 Å². The summed E-state index contributed by atoms with van der Waals surface area (Å²) in [7, 11) is -4.71. The van der Waals surface area contributed by atoms with Gasteiger partial charge in [0.25, 0.3) is 0 Å². The standard InChI is InChI=1S/C18H36O4S.Li/c1-2-3-4-5-6-7-8-9-10-11-12-13-14-15-16-17-18(19)23(20,21)22;/h2-17H2,1H3,(H,20,21,22);/q;+1/p-1. The minimum Gasteiger partial charge on any atom is -0.742 e. The Bertz CT molecular complexity index is 382. The summed E-state index contributed by atoms with van der Waals surface area (Å²) in [4.78, 5) is 10.9. The second-order valence-corrected chi connectivity index (χ2v) is 7.89. The first kappa shape index (κ1) is 26.4. The van der Waals surface area contributed by atoms with Crippen LogP contribution in [0.2, 0.25) is 0 Å². The zero-order chi connectivity index (χ0) is 17.4. The summed E-state index contributed by atoms with van der Waals surface area (Å²) in [6.45, 7) is 2.25. The van der Waals surface area contributed by atoms with Gasteiger partial charge in [0, 0.05) is 6.42 Å². The molecule has 0 rings (SSSR count). The fraction of sp³-hybridized carbons (Fsp3) is 0.944. The van der Waals surface area contributed by atoms with Crippen LogP contribution in [0.1, 0.15) is 110 Å². The molecular weight excluding hydrogens is 319 g/mol. The number of carbonyl (C=O) groups is 1. The van der Waals surface area contributed by atoms with Crippen LogP contribution in [0.15, 0.2) is 0 Å². The van der Waals surface area contributed by atoms with Crippen LogP contribution >= 0.6 is 0 Å². The Balaban J connectivity index is 0. The summed E-state index contributed by atoms with van der Waals surface area (Å²) in [5, 5.41) is -1.16. The van der Waals surface area contributed by atoms with E-state index in [1.54, 1.807) is 0 Å². The maximum absolute atomic E-state index is 10.9. The second-order valence-electron chi connectivity index (χ2n) is 6.53. The van der Waals surface area contributed by atoms with Gasteiger partial charge in [0.2, 0.25) is 5.12 Å². The Morgan fingerprint density at radius 2 is 0.958 bits per heavy atom. The molecule has 0 amide bonds. The summed E-state index contributed by atoms with van der Waals surface area (Å²) in [5.41, 5.74) is 0. The van der Waals surface area contributed by atoms with Crippen LogP contribution in [-0.4, -0.2) is 18.1 Å². The monoisotopic (exact) mass is 354 g/mol. The van der Waals surface area contributed by atoms with E-state index in [2.05, 4.69) is 6.92 Å². The Kier molecular flexibility index (Phi) is 19.8. The van der Waals surface area contributed by atoms with E-state index in [4.69, 9.17) is 0 Å². The fourth-order valence-corrected chi connectivity index (χ4v) is 3.16. The molecule has 138 valence electrons. The van der Waals surface area contributed by atoms with Crippen molar-refractivity contribution in [2.45, 2.75) is 110 Å². The number of hydrogen-bond donors (Lipinski definition) is 0. The van der Waals surface area contributed by atoms with Crippen molar-refractivity contribution >= 4 is 15.2 Å². The van der Waals surface area contributed by atoms with Gasteiger partial charge in [0.05, 0.1) is 0 Å². The van der Waals surface area contributed by atoms with Crippen molar-refractivity contribution in [1.82, 2.24) is 0 Å². The van der Waals surface area contributed by atoms with Crippen LogP contribution in [0.4, 0.5) is 0 Å². The van der Waals surface area contributed by atoms with Crippen LogP contribution < -0.4 is 18.9 Å². The van der Waals surface area contributed by atoms with Crippen molar-refractivity contribution in [1.29, 1.82) is 0 Å². The molecule has 0 aliphatic rings. The zero-order valence-corrected chi connectivity index (χ0v) is 16.7. The van der Waals surface area contributed by atoms with Gasteiger partial charge in [-0.05, 0) is 6.42 Å². The SMILES string of the molecule is CCCCCCCCCCCCCCCCCC(=O)S(=O)(=O)[O-].[Li+]. The van der Waals surface area contributed by atoms with Crippen molar-refractivity contribution < 1.29 is 36.6 Å². The molecule has 0 N–H and O–H groups in total. The van der Waals surface area contributed by atoms with E-state index in [0.29, 0.717) is 6.42 Å². The molecule has 0 spiro atoms.